The SMILES string of the molecule is CON=C(C(=O)N[C@@H]1C(=O)N2C(C(=O)[O-])=C(C[n+]3ccc4ccn(Cc5ccc(C(=N)NC6CCCNC6)cc5)c4c3)CS[C@H]12)c1nsc(N)n1. The van der Waals surface area contributed by atoms with Gasteiger partial charge in [0, 0.05) is 65.2 Å². The highest BCUT2D eigenvalue weighted by molar-refractivity contribution is 8.00. The van der Waals surface area contributed by atoms with Gasteiger partial charge in [-0.05, 0) is 31.0 Å². The van der Waals surface area contributed by atoms with Crippen LogP contribution in [0.2, 0.25) is 0 Å². The molecule has 6 heterocycles. The number of anilines is 1. The average molecular weight is 730 g/mol. The number of carbonyl (C=O) groups is 3. The van der Waals surface area contributed by atoms with E-state index in [1.165, 1.54) is 23.8 Å². The maximum atomic E-state index is 13.3. The molecular formula is C33H35N11O5S2. The zero-order valence-corrected chi connectivity index (χ0v) is 29.1. The Morgan fingerprint density at radius 3 is 2.76 bits per heavy atom. The van der Waals surface area contributed by atoms with Crippen LogP contribution in [0, 0.1) is 5.41 Å². The van der Waals surface area contributed by atoms with Gasteiger partial charge in [0.1, 0.15) is 29.9 Å². The molecule has 0 bridgehead atoms. The summed E-state index contributed by atoms with van der Waals surface area (Å²) >= 11 is 2.22. The van der Waals surface area contributed by atoms with Crippen LogP contribution in [0.5, 0.6) is 0 Å². The molecule has 3 aromatic heterocycles. The number of β-lactam (4-membered cyclic amide) rings is 1. The number of nitrogen functional groups attached to an aromatic ring is 1. The van der Waals surface area contributed by atoms with Crippen molar-refractivity contribution in [2.24, 2.45) is 5.16 Å². The van der Waals surface area contributed by atoms with E-state index >= 15 is 0 Å². The predicted molar refractivity (Wildman–Crippen MR) is 188 cm³/mol. The van der Waals surface area contributed by atoms with Crippen molar-refractivity contribution < 1.29 is 28.9 Å². The first-order valence-corrected chi connectivity index (χ1v) is 18.0. The van der Waals surface area contributed by atoms with Crippen LogP contribution >= 0.6 is 23.3 Å². The van der Waals surface area contributed by atoms with E-state index in [1.807, 2.05) is 59.6 Å². The van der Waals surface area contributed by atoms with Gasteiger partial charge in [0.25, 0.3) is 11.8 Å². The molecule has 3 aliphatic rings. The lowest BCUT2D eigenvalue weighted by Crippen LogP contribution is -2.71. The number of oxime groups is 1. The van der Waals surface area contributed by atoms with E-state index in [0.717, 1.165) is 59.5 Å². The van der Waals surface area contributed by atoms with Crippen molar-refractivity contribution in [3.63, 3.8) is 0 Å². The number of aliphatic carboxylic acids is 1. The molecule has 2 saturated heterocycles. The Morgan fingerprint density at radius 1 is 1.24 bits per heavy atom. The van der Waals surface area contributed by atoms with Gasteiger partial charge in [-0.15, -0.1) is 11.8 Å². The minimum Gasteiger partial charge on any atom is -0.543 e. The summed E-state index contributed by atoms with van der Waals surface area (Å²) in [6.07, 6.45) is 7.97. The van der Waals surface area contributed by atoms with Crippen LogP contribution in [0.15, 0.2) is 71.4 Å². The number of carbonyl (C=O) groups excluding carboxylic acids is 3. The van der Waals surface area contributed by atoms with Crippen LogP contribution in [0.4, 0.5) is 5.13 Å². The van der Waals surface area contributed by atoms with Gasteiger partial charge in [0.15, 0.2) is 24.1 Å². The molecular weight excluding hydrogens is 695 g/mol. The minimum absolute atomic E-state index is 0.0513. The lowest BCUT2D eigenvalue weighted by molar-refractivity contribution is -0.687. The van der Waals surface area contributed by atoms with E-state index < -0.39 is 29.2 Å². The normalized spacial score (nSPS) is 20.5. The molecule has 7 rings (SSSR count). The summed E-state index contributed by atoms with van der Waals surface area (Å²) < 4.78 is 7.98. The maximum absolute atomic E-state index is 13.3. The minimum atomic E-state index is -1.47. The third-order valence-electron chi connectivity index (χ3n) is 8.97. The van der Waals surface area contributed by atoms with Crippen molar-refractivity contribution in [2.75, 3.05) is 31.7 Å². The summed E-state index contributed by atoms with van der Waals surface area (Å²) in [5.74, 6) is -2.15. The number of benzene rings is 1. The molecule has 16 nitrogen and oxygen atoms in total. The average Bonchev–Trinajstić information content (AvgIpc) is 3.75. The van der Waals surface area contributed by atoms with Crippen LogP contribution in [-0.2, 0) is 32.3 Å². The summed E-state index contributed by atoms with van der Waals surface area (Å²) in [6.45, 7) is 2.70. The third-order valence-corrected chi connectivity index (χ3v) is 10.8. The largest absolute Gasteiger partial charge is 0.543 e. The molecule has 3 atom stereocenters. The van der Waals surface area contributed by atoms with E-state index in [1.54, 1.807) is 0 Å². The van der Waals surface area contributed by atoms with Crippen molar-refractivity contribution in [3.05, 3.63) is 83.2 Å². The fraction of sp³-hybridized carbons (Fsp3) is 0.333. The molecule has 18 heteroatoms. The van der Waals surface area contributed by atoms with Gasteiger partial charge in [0.2, 0.25) is 11.5 Å². The van der Waals surface area contributed by atoms with Crippen molar-refractivity contribution in [2.45, 2.75) is 43.4 Å². The number of thioether (sulfide) groups is 1. The third kappa shape index (κ3) is 7.02. The molecule has 1 unspecified atom stereocenters. The number of fused-ring (bicyclic) bond motifs is 2. The zero-order chi connectivity index (χ0) is 35.6. The molecule has 3 aliphatic heterocycles. The van der Waals surface area contributed by atoms with E-state index in [0.29, 0.717) is 23.7 Å². The van der Waals surface area contributed by atoms with E-state index in [-0.39, 0.29) is 35.0 Å². The zero-order valence-electron chi connectivity index (χ0n) is 27.5. The fourth-order valence-electron chi connectivity index (χ4n) is 6.47. The number of nitrogens with one attached hydrogen (secondary N) is 4. The van der Waals surface area contributed by atoms with Crippen molar-refractivity contribution in [1.82, 2.24) is 34.8 Å². The highest BCUT2D eigenvalue weighted by atomic mass is 32.2. The van der Waals surface area contributed by atoms with Crippen molar-refractivity contribution in [1.29, 1.82) is 5.41 Å². The molecule has 2 amide bonds. The highest BCUT2D eigenvalue weighted by Crippen LogP contribution is 2.40. The quantitative estimate of drug-likeness (QED) is 0.0437. The number of carboxylic acids is 1. The number of aromatic nitrogens is 4. The first-order valence-electron chi connectivity index (χ1n) is 16.2. The predicted octanol–water partition coefficient (Wildman–Crippen LogP) is -0.468. The van der Waals surface area contributed by atoms with Crippen LogP contribution in [0.3, 0.4) is 0 Å². The number of piperidine rings is 1. The Morgan fingerprint density at radius 2 is 2.06 bits per heavy atom. The van der Waals surface area contributed by atoms with E-state index in [4.69, 9.17) is 16.0 Å². The summed E-state index contributed by atoms with van der Waals surface area (Å²) in [7, 11) is 1.25. The van der Waals surface area contributed by atoms with Crippen LogP contribution in [0.25, 0.3) is 10.9 Å². The standard InChI is InChI=1S/C33H35N11O5S2/c1-49-40-24(28-39-33(35)51-41-28)29(45)38-25-30(46)44-26(32(47)48)21(17-50-31(25)44)15-42-11-8-19-9-12-43(23(19)16-42)14-18-4-6-20(7-5-18)27(34)37-22-3-2-10-36-13-22/h4-9,11-12,16,22,25,31,36H,2-3,10,13-15,17H2,1H3,(H5-,34,35,37,38,39,41,45,47,48)/t22?,25-,31-/m1/s1. The van der Waals surface area contributed by atoms with Gasteiger partial charge in [-0.3, -0.25) is 19.9 Å². The Balaban J connectivity index is 1.04. The summed E-state index contributed by atoms with van der Waals surface area (Å²) in [4.78, 5) is 48.7. The van der Waals surface area contributed by atoms with Gasteiger partial charge in [-0.1, -0.05) is 29.4 Å². The lowest BCUT2D eigenvalue weighted by Gasteiger charge is -2.50. The highest BCUT2D eigenvalue weighted by Gasteiger charge is 2.53. The topological polar surface area (TPSA) is 220 Å². The molecule has 4 aromatic rings. The second-order valence-corrected chi connectivity index (χ2v) is 14.2. The number of hydrogen-bond acceptors (Lipinski definition) is 13. The molecule has 6 N–H and O–H groups in total. The van der Waals surface area contributed by atoms with E-state index in [9.17, 15) is 19.5 Å². The van der Waals surface area contributed by atoms with Gasteiger partial charge in [-0.25, -0.2) is 0 Å². The lowest BCUT2D eigenvalue weighted by atomic mass is 10.0. The van der Waals surface area contributed by atoms with E-state index in [2.05, 4.69) is 35.0 Å². The Labute approximate surface area is 300 Å². The van der Waals surface area contributed by atoms with Gasteiger partial charge < -0.3 is 41.0 Å². The fourth-order valence-corrected chi connectivity index (χ4v) is 8.24. The van der Waals surface area contributed by atoms with Gasteiger partial charge in [0.05, 0.1) is 11.7 Å². The smallest absolute Gasteiger partial charge is 0.278 e. The number of pyridine rings is 1. The number of rotatable bonds is 11. The first-order chi connectivity index (χ1) is 24.7. The molecule has 264 valence electrons. The molecule has 1 aromatic carbocycles. The number of hydrogen-bond donors (Lipinski definition) is 5. The van der Waals surface area contributed by atoms with Crippen molar-refractivity contribution >= 4 is 68.7 Å². The summed E-state index contributed by atoms with van der Waals surface area (Å²) in [5, 5.41) is 34.4. The molecule has 0 radical (unpaired) electrons. The number of carboxylic acid groups (broad SMARTS) is 1. The monoisotopic (exact) mass is 729 g/mol. The van der Waals surface area contributed by atoms with Crippen LogP contribution in [-0.4, -0.2) is 91.6 Å². The second kappa shape index (κ2) is 14.5. The Bertz CT molecular complexity index is 2070. The first kappa shape index (κ1) is 34.1. The second-order valence-electron chi connectivity index (χ2n) is 12.3. The number of amides is 2. The van der Waals surface area contributed by atoms with Crippen molar-refractivity contribution in [3.8, 4) is 0 Å². The van der Waals surface area contributed by atoms with Crippen LogP contribution in [0.1, 0.15) is 29.8 Å². The van der Waals surface area contributed by atoms with Crippen LogP contribution < -0.4 is 31.4 Å². The molecule has 0 aliphatic carbocycles. The van der Waals surface area contributed by atoms with Gasteiger partial charge in [-0.2, -0.15) is 13.9 Å². The summed E-state index contributed by atoms with van der Waals surface area (Å²) in [6, 6.07) is 11.2. The summed E-state index contributed by atoms with van der Waals surface area (Å²) in [5.41, 5.74) is 8.55. The number of nitrogens with zero attached hydrogens (tertiary/aromatic N) is 6. The number of amidine groups is 1. The molecule has 0 saturated carbocycles. The molecule has 2 fully saturated rings. The Hall–Kier alpha value is -5.33. The van der Waals surface area contributed by atoms with Gasteiger partial charge >= 0.3 is 0 Å². The Kier molecular flexibility index (Phi) is 9.70. The molecule has 51 heavy (non-hydrogen) atoms. The molecule has 0 spiro atoms. The number of nitrogens with two attached hydrogens (primary N) is 1. The maximum Gasteiger partial charge on any atom is 0.278 e.